The van der Waals surface area contributed by atoms with E-state index in [0.29, 0.717) is 11.8 Å². The molecular weight excluding hydrogens is 294 g/mol. The highest BCUT2D eigenvalue weighted by molar-refractivity contribution is 7.17. The lowest BCUT2D eigenvalue weighted by molar-refractivity contribution is 0.898. The topological polar surface area (TPSA) is 47.3 Å². The van der Waals surface area contributed by atoms with E-state index in [-0.39, 0.29) is 5.56 Å². The molecule has 0 unspecified atom stereocenters. The van der Waals surface area contributed by atoms with Crippen molar-refractivity contribution in [2.45, 2.75) is 39.0 Å². The summed E-state index contributed by atoms with van der Waals surface area (Å²) in [5, 5.41) is 0. The molecule has 3 aromatic heterocycles. The van der Waals surface area contributed by atoms with Crippen molar-refractivity contribution in [3.05, 3.63) is 62.3 Å². The molecule has 0 aliphatic heterocycles. The smallest absolute Gasteiger partial charge is 0.261 e. The third kappa shape index (κ3) is 1.92. The van der Waals surface area contributed by atoms with E-state index >= 15 is 0 Å². The Kier molecular flexibility index (Phi) is 2.94. The van der Waals surface area contributed by atoms with Gasteiger partial charge >= 0.3 is 0 Å². The van der Waals surface area contributed by atoms with Gasteiger partial charge in [0.05, 0.1) is 5.69 Å². The number of hydrogen-bond donors (Lipinski definition) is 0. The highest BCUT2D eigenvalue weighted by Gasteiger charge is 2.42. The molecule has 0 radical (unpaired) electrons. The first kappa shape index (κ1) is 13.6. The maximum Gasteiger partial charge on any atom is 0.261 e. The zero-order valence-electron chi connectivity index (χ0n) is 12.8. The summed E-state index contributed by atoms with van der Waals surface area (Å²) in [6, 6.07) is 4.08. The maximum atomic E-state index is 12.7. The van der Waals surface area contributed by atoms with Crippen LogP contribution in [0.4, 0.5) is 0 Å². The molecule has 3 aromatic rings. The lowest BCUT2D eigenvalue weighted by Crippen LogP contribution is -2.20. The van der Waals surface area contributed by atoms with Crippen molar-refractivity contribution in [3.8, 4) is 0 Å². The molecule has 0 saturated heterocycles. The van der Waals surface area contributed by atoms with Crippen LogP contribution in [0.1, 0.15) is 45.6 Å². The molecule has 4 nitrogen and oxygen atoms in total. The standard InChI is InChI=1S/C17H17N3OS/c1-9-15(14-7-13(14)12-5-4-6-18-8-12)19-17-20(16(9)21)10(2)11(3)22-17/h4-6,8,13-14H,7H2,1-3H3/t13-,14+/m0/s1. The minimum atomic E-state index is 0.0821. The Morgan fingerprint density at radius 1 is 1.27 bits per heavy atom. The van der Waals surface area contributed by atoms with Gasteiger partial charge in [-0.1, -0.05) is 6.07 Å². The van der Waals surface area contributed by atoms with Crippen LogP contribution >= 0.6 is 11.3 Å². The van der Waals surface area contributed by atoms with Gasteiger partial charge in [0.2, 0.25) is 0 Å². The number of hydrogen-bond acceptors (Lipinski definition) is 4. The zero-order valence-corrected chi connectivity index (χ0v) is 13.6. The second kappa shape index (κ2) is 4.74. The van der Waals surface area contributed by atoms with E-state index < -0.39 is 0 Å². The van der Waals surface area contributed by atoms with Crippen LogP contribution in [-0.4, -0.2) is 14.4 Å². The molecule has 1 aliphatic carbocycles. The molecule has 0 aromatic carbocycles. The summed E-state index contributed by atoms with van der Waals surface area (Å²) in [4.78, 5) is 23.7. The van der Waals surface area contributed by atoms with Gasteiger partial charge in [-0.15, -0.1) is 11.3 Å². The van der Waals surface area contributed by atoms with Crippen LogP contribution in [0.5, 0.6) is 0 Å². The van der Waals surface area contributed by atoms with Gasteiger partial charge in [0, 0.05) is 34.4 Å². The van der Waals surface area contributed by atoms with E-state index in [1.54, 1.807) is 21.9 Å². The molecule has 0 bridgehead atoms. The molecular formula is C17H17N3OS. The van der Waals surface area contributed by atoms with Crippen molar-refractivity contribution < 1.29 is 0 Å². The SMILES string of the molecule is Cc1sc2nc([C@@H]3C[C@H]3c3cccnc3)c(C)c(=O)n2c1C. The minimum Gasteiger partial charge on any atom is -0.269 e. The molecule has 1 fully saturated rings. The number of rotatable bonds is 2. The quantitative estimate of drug-likeness (QED) is 0.729. The number of aryl methyl sites for hydroxylation is 2. The molecule has 1 saturated carbocycles. The average molecular weight is 311 g/mol. The van der Waals surface area contributed by atoms with Crippen LogP contribution < -0.4 is 5.56 Å². The highest BCUT2D eigenvalue weighted by Crippen LogP contribution is 2.54. The maximum absolute atomic E-state index is 12.7. The Morgan fingerprint density at radius 2 is 2.09 bits per heavy atom. The average Bonchev–Trinajstić information content (AvgIpc) is 3.26. The zero-order chi connectivity index (χ0) is 15.4. The van der Waals surface area contributed by atoms with Crippen LogP contribution in [0.3, 0.4) is 0 Å². The van der Waals surface area contributed by atoms with E-state index in [2.05, 4.69) is 11.1 Å². The molecule has 0 N–H and O–H groups in total. The first-order valence-electron chi connectivity index (χ1n) is 7.47. The van der Waals surface area contributed by atoms with Crippen molar-refractivity contribution in [1.82, 2.24) is 14.4 Å². The normalized spacial score (nSPS) is 20.5. The predicted octanol–water partition coefficient (Wildman–Crippen LogP) is 3.35. The summed E-state index contributed by atoms with van der Waals surface area (Å²) in [6.07, 6.45) is 4.77. The van der Waals surface area contributed by atoms with Crippen molar-refractivity contribution in [2.75, 3.05) is 0 Å². The molecule has 3 heterocycles. The fraction of sp³-hybridized carbons (Fsp3) is 0.353. The van der Waals surface area contributed by atoms with Gasteiger partial charge in [0.1, 0.15) is 0 Å². The van der Waals surface area contributed by atoms with Crippen LogP contribution in [-0.2, 0) is 0 Å². The first-order valence-corrected chi connectivity index (χ1v) is 8.28. The predicted molar refractivity (Wildman–Crippen MR) is 87.9 cm³/mol. The molecule has 5 heteroatoms. The van der Waals surface area contributed by atoms with Gasteiger partial charge in [0.15, 0.2) is 4.96 Å². The van der Waals surface area contributed by atoms with E-state index in [1.165, 1.54) is 5.56 Å². The Hall–Kier alpha value is -2.01. The van der Waals surface area contributed by atoms with Crippen molar-refractivity contribution in [1.29, 1.82) is 0 Å². The number of aromatic nitrogens is 3. The summed E-state index contributed by atoms with van der Waals surface area (Å²) in [5.41, 5.74) is 4.09. The number of pyridine rings is 1. The Labute approximate surface area is 132 Å². The summed E-state index contributed by atoms with van der Waals surface area (Å²) >= 11 is 1.60. The minimum absolute atomic E-state index is 0.0821. The van der Waals surface area contributed by atoms with Crippen LogP contribution in [0.2, 0.25) is 0 Å². The van der Waals surface area contributed by atoms with Crippen LogP contribution in [0.15, 0.2) is 29.3 Å². The van der Waals surface area contributed by atoms with E-state index in [0.717, 1.165) is 33.2 Å². The lowest BCUT2D eigenvalue weighted by atomic mass is 10.1. The molecule has 2 atom stereocenters. The highest BCUT2D eigenvalue weighted by atomic mass is 32.1. The molecule has 1 aliphatic rings. The third-order valence-corrected chi connectivity index (χ3v) is 5.72. The fourth-order valence-electron chi connectivity index (χ4n) is 3.16. The van der Waals surface area contributed by atoms with Gasteiger partial charge in [0.25, 0.3) is 5.56 Å². The van der Waals surface area contributed by atoms with E-state index in [4.69, 9.17) is 4.98 Å². The number of nitrogens with zero attached hydrogens (tertiary/aromatic N) is 3. The summed E-state index contributed by atoms with van der Waals surface area (Å²) in [7, 11) is 0. The molecule has 4 rings (SSSR count). The second-order valence-corrected chi connectivity index (χ2v) is 7.21. The second-order valence-electron chi connectivity index (χ2n) is 6.02. The number of fused-ring (bicyclic) bond motifs is 1. The lowest BCUT2D eigenvalue weighted by Gasteiger charge is -2.06. The summed E-state index contributed by atoms with van der Waals surface area (Å²) in [5.74, 6) is 0.800. The molecule has 22 heavy (non-hydrogen) atoms. The molecule has 112 valence electrons. The largest absolute Gasteiger partial charge is 0.269 e. The molecule has 0 amide bonds. The third-order valence-electron chi connectivity index (χ3n) is 4.66. The molecule has 0 spiro atoms. The monoisotopic (exact) mass is 311 g/mol. The summed E-state index contributed by atoms with van der Waals surface area (Å²) < 4.78 is 1.75. The van der Waals surface area contributed by atoms with Crippen molar-refractivity contribution >= 4 is 16.3 Å². The fourth-order valence-corrected chi connectivity index (χ4v) is 4.12. The van der Waals surface area contributed by atoms with Crippen molar-refractivity contribution in [3.63, 3.8) is 0 Å². The van der Waals surface area contributed by atoms with E-state index in [9.17, 15) is 4.79 Å². The van der Waals surface area contributed by atoms with Gasteiger partial charge < -0.3 is 0 Å². The van der Waals surface area contributed by atoms with Gasteiger partial charge in [-0.2, -0.15) is 0 Å². The van der Waals surface area contributed by atoms with Gasteiger partial charge in [-0.25, -0.2) is 4.98 Å². The summed E-state index contributed by atoms with van der Waals surface area (Å²) in [6.45, 7) is 5.93. The van der Waals surface area contributed by atoms with Crippen LogP contribution in [0.25, 0.3) is 4.96 Å². The van der Waals surface area contributed by atoms with Gasteiger partial charge in [-0.05, 0) is 44.7 Å². The van der Waals surface area contributed by atoms with Crippen molar-refractivity contribution in [2.24, 2.45) is 0 Å². The number of thiazole rings is 1. The van der Waals surface area contributed by atoms with E-state index in [1.807, 2.05) is 33.0 Å². The first-order chi connectivity index (χ1) is 10.6. The Morgan fingerprint density at radius 3 is 2.82 bits per heavy atom. The Bertz CT molecular complexity index is 926. The van der Waals surface area contributed by atoms with Crippen LogP contribution in [0, 0.1) is 20.8 Å². The Balaban J connectivity index is 1.81. The van der Waals surface area contributed by atoms with Gasteiger partial charge in [-0.3, -0.25) is 14.2 Å².